The Morgan fingerprint density at radius 3 is 2.31 bits per heavy atom. The van der Waals surface area contributed by atoms with Crippen LogP contribution in [0.25, 0.3) is 10.9 Å². The molecule has 216 valence electrons. The topological polar surface area (TPSA) is 153 Å². The van der Waals surface area contributed by atoms with Crippen molar-refractivity contribution in [2.75, 3.05) is 18.6 Å². The fourth-order valence-electron chi connectivity index (χ4n) is 4.37. The van der Waals surface area contributed by atoms with E-state index < -0.39 is 41.4 Å². The van der Waals surface area contributed by atoms with E-state index in [0.717, 1.165) is 23.1 Å². The Morgan fingerprint density at radius 1 is 0.976 bits per heavy atom. The summed E-state index contributed by atoms with van der Waals surface area (Å²) in [5.74, 6) is -3.24. The maximum absolute atomic E-state index is 15.5. The molecule has 1 aliphatic rings. The number of nitrogens with one attached hydrogen (secondary N) is 1. The molecule has 11 nitrogen and oxygen atoms in total. The molecule has 1 saturated carbocycles. The lowest BCUT2D eigenvalue weighted by atomic mass is 10.0. The number of aromatic nitrogens is 1. The van der Waals surface area contributed by atoms with E-state index in [2.05, 4.69) is 4.98 Å². The Labute approximate surface area is 237 Å². The number of carbonyl (C=O) groups is 3. The van der Waals surface area contributed by atoms with Gasteiger partial charge in [-0.2, -0.15) is 0 Å². The molecule has 1 heterocycles. The van der Waals surface area contributed by atoms with E-state index in [-0.39, 0.29) is 47.2 Å². The molecular weight excluding hydrogens is 554 g/mol. The lowest BCUT2D eigenvalue weighted by molar-refractivity contribution is -0.133. The van der Waals surface area contributed by atoms with Gasteiger partial charge in [0.1, 0.15) is 17.0 Å². The predicted octanol–water partition coefficient (Wildman–Crippen LogP) is 4.13. The van der Waals surface area contributed by atoms with E-state index >= 15 is 4.39 Å². The number of ether oxygens (including phenoxy) is 3. The molecule has 0 unspecified atom stereocenters. The molecule has 0 atom stereocenters. The lowest BCUT2D eigenvalue weighted by Gasteiger charge is -2.26. The number of methoxy groups -OCH3 is 1. The zero-order chi connectivity index (χ0) is 30.0. The van der Waals surface area contributed by atoms with E-state index in [4.69, 9.17) is 25.2 Å². The summed E-state index contributed by atoms with van der Waals surface area (Å²) >= 11 is 0. The number of nitrogens with zero attached hydrogens (tertiary/aromatic N) is 2. The lowest BCUT2D eigenvalue weighted by Crippen LogP contribution is -2.41. The van der Waals surface area contributed by atoms with E-state index in [0.29, 0.717) is 10.9 Å². The van der Waals surface area contributed by atoms with Crippen molar-refractivity contribution >= 4 is 40.0 Å². The smallest absolute Gasteiger partial charge is 0.281 e. The van der Waals surface area contributed by atoms with Crippen molar-refractivity contribution < 1.29 is 42.6 Å². The van der Waals surface area contributed by atoms with Gasteiger partial charge in [0.2, 0.25) is 11.8 Å². The number of fused-ring (bicyclic) bond motifs is 1. The molecule has 3 aromatic carbocycles. The van der Waals surface area contributed by atoms with E-state index in [1.165, 1.54) is 61.3 Å². The molecule has 0 saturated heterocycles. The predicted molar refractivity (Wildman–Crippen MR) is 145 cm³/mol. The number of anilines is 2. The van der Waals surface area contributed by atoms with Crippen LogP contribution in [0.1, 0.15) is 12.8 Å². The van der Waals surface area contributed by atoms with Crippen molar-refractivity contribution in [3.8, 4) is 23.0 Å². The summed E-state index contributed by atoms with van der Waals surface area (Å²) in [7, 11) is 1.39. The minimum Gasteiger partial charge on any atom is -0.493 e. The maximum Gasteiger partial charge on any atom is 0.281 e. The Balaban J connectivity index is 1.49. The van der Waals surface area contributed by atoms with Gasteiger partial charge < -0.3 is 19.9 Å². The van der Waals surface area contributed by atoms with Crippen molar-refractivity contribution in [3.05, 3.63) is 78.5 Å². The molecule has 4 N–H and O–H groups in total. The van der Waals surface area contributed by atoms with E-state index in [1.54, 1.807) is 0 Å². The van der Waals surface area contributed by atoms with Gasteiger partial charge in [0.05, 0.1) is 18.3 Å². The van der Waals surface area contributed by atoms with Crippen LogP contribution in [0, 0.1) is 17.0 Å². The first-order chi connectivity index (χ1) is 20.2. The van der Waals surface area contributed by atoms with Gasteiger partial charge >= 0.3 is 0 Å². The van der Waals surface area contributed by atoms with Crippen LogP contribution in [0.15, 0.2) is 66.9 Å². The van der Waals surface area contributed by atoms with Crippen LogP contribution >= 0.6 is 0 Å². The number of pyridine rings is 1. The SMILES string of the molecule is COc1cc2nccc(Oc3ccc(N(C(=O)C4(C(N)=O)CC4)c4ccc(F)cc4)cc3F)c2cc1OCC(=O)NO. The normalized spacial score (nSPS) is 13.2. The fourth-order valence-corrected chi connectivity index (χ4v) is 4.37. The Hall–Kier alpha value is -5.30. The summed E-state index contributed by atoms with van der Waals surface area (Å²) in [6.45, 7) is -0.509. The summed E-state index contributed by atoms with van der Waals surface area (Å²) in [5.41, 5.74) is 6.26. The molecule has 1 aliphatic carbocycles. The summed E-state index contributed by atoms with van der Waals surface area (Å²) < 4.78 is 45.7. The average Bonchev–Trinajstić information content (AvgIpc) is 3.80. The van der Waals surface area contributed by atoms with Gasteiger partial charge in [0, 0.05) is 29.4 Å². The summed E-state index contributed by atoms with van der Waals surface area (Å²) in [4.78, 5) is 42.4. The largest absolute Gasteiger partial charge is 0.493 e. The second kappa shape index (κ2) is 11.3. The molecule has 5 rings (SSSR count). The van der Waals surface area contributed by atoms with Gasteiger partial charge in [-0.25, -0.2) is 14.3 Å². The zero-order valence-corrected chi connectivity index (χ0v) is 22.1. The van der Waals surface area contributed by atoms with E-state index in [1.807, 2.05) is 0 Å². The highest BCUT2D eigenvalue weighted by molar-refractivity contribution is 6.16. The van der Waals surface area contributed by atoms with Crippen LogP contribution < -0.4 is 30.3 Å². The molecule has 1 aromatic heterocycles. The average molecular weight is 579 g/mol. The Kier molecular flexibility index (Phi) is 7.59. The van der Waals surface area contributed by atoms with Gasteiger partial charge in [-0.15, -0.1) is 0 Å². The minimum absolute atomic E-state index is 0.0751. The van der Waals surface area contributed by atoms with Crippen molar-refractivity contribution in [1.82, 2.24) is 10.5 Å². The number of carbonyl (C=O) groups excluding carboxylic acids is 3. The number of rotatable bonds is 10. The fraction of sp³-hybridized carbons (Fsp3) is 0.172. The van der Waals surface area contributed by atoms with Crippen LogP contribution in [-0.4, -0.2) is 41.6 Å². The number of hydrogen-bond acceptors (Lipinski definition) is 8. The number of benzene rings is 3. The van der Waals surface area contributed by atoms with Gasteiger partial charge in [0.25, 0.3) is 5.91 Å². The maximum atomic E-state index is 15.5. The van der Waals surface area contributed by atoms with Crippen LogP contribution in [0.3, 0.4) is 0 Å². The molecule has 13 heteroatoms. The molecule has 0 aliphatic heterocycles. The minimum atomic E-state index is -1.42. The third-order valence-electron chi connectivity index (χ3n) is 6.78. The third kappa shape index (κ3) is 5.37. The van der Waals surface area contributed by atoms with Crippen LogP contribution in [0.2, 0.25) is 0 Å². The van der Waals surface area contributed by atoms with Crippen LogP contribution in [0.4, 0.5) is 20.2 Å². The highest BCUT2D eigenvalue weighted by Gasteiger charge is 2.57. The third-order valence-corrected chi connectivity index (χ3v) is 6.78. The van der Waals surface area contributed by atoms with Crippen molar-refractivity contribution in [3.63, 3.8) is 0 Å². The molecule has 1 fully saturated rings. The monoisotopic (exact) mass is 578 g/mol. The molecular formula is C29H24F2N4O7. The number of hydrogen-bond donors (Lipinski definition) is 3. The first kappa shape index (κ1) is 28.2. The molecule has 0 spiro atoms. The first-order valence-corrected chi connectivity index (χ1v) is 12.6. The highest BCUT2D eigenvalue weighted by Crippen LogP contribution is 2.49. The molecule has 0 bridgehead atoms. The molecule has 42 heavy (non-hydrogen) atoms. The van der Waals surface area contributed by atoms with Crippen molar-refractivity contribution in [1.29, 1.82) is 0 Å². The van der Waals surface area contributed by atoms with Gasteiger partial charge in [-0.05, 0) is 61.4 Å². The van der Waals surface area contributed by atoms with Gasteiger partial charge in [-0.3, -0.25) is 29.5 Å². The van der Waals surface area contributed by atoms with Gasteiger partial charge in [0.15, 0.2) is 29.7 Å². The quantitative estimate of drug-likeness (QED) is 0.144. The Morgan fingerprint density at radius 2 is 1.69 bits per heavy atom. The number of halogens is 2. The van der Waals surface area contributed by atoms with Crippen molar-refractivity contribution in [2.24, 2.45) is 11.1 Å². The molecule has 0 radical (unpaired) electrons. The Bertz CT molecular complexity index is 1690. The molecule has 3 amide bonds. The number of nitrogens with two attached hydrogens (primary N) is 1. The van der Waals surface area contributed by atoms with Crippen LogP contribution in [0.5, 0.6) is 23.0 Å². The number of hydroxylamine groups is 1. The highest BCUT2D eigenvalue weighted by atomic mass is 19.1. The first-order valence-electron chi connectivity index (χ1n) is 12.6. The molecule has 4 aromatic rings. The standard InChI is InChI=1S/C29H24F2N4O7/c1-40-24-14-21-19(13-25(24)41-15-26(36)34-39)22(8-11-33-21)42-23-7-6-18(12-20(23)31)35(17-4-2-16(30)3-5-17)28(38)29(9-10-29)27(32)37/h2-8,11-14,39H,9-10,15H2,1H3,(H2,32,37)(H,34,36). The number of primary amides is 1. The van der Waals surface area contributed by atoms with E-state index in [9.17, 15) is 18.8 Å². The second-order valence-electron chi connectivity index (χ2n) is 9.43. The van der Waals surface area contributed by atoms with Crippen LogP contribution in [-0.2, 0) is 14.4 Å². The summed E-state index contributed by atoms with van der Waals surface area (Å²) in [5, 5.41) is 9.13. The number of amides is 3. The van der Waals surface area contributed by atoms with Crippen molar-refractivity contribution in [2.45, 2.75) is 12.8 Å². The summed E-state index contributed by atoms with van der Waals surface area (Å²) in [6, 6.07) is 13.3. The van der Waals surface area contributed by atoms with Gasteiger partial charge in [-0.1, -0.05) is 0 Å². The summed E-state index contributed by atoms with van der Waals surface area (Å²) in [6.07, 6.45) is 1.94. The zero-order valence-electron chi connectivity index (χ0n) is 22.1. The second-order valence-corrected chi connectivity index (χ2v) is 9.43.